The van der Waals surface area contributed by atoms with Crippen LogP contribution < -0.4 is 4.74 Å². The molecule has 0 aliphatic carbocycles. The molecule has 19 heavy (non-hydrogen) atoms. The van der Waals surface area contributed by atoms with Gasteiger partial charge in [0.05, 0.1) is 5.56 Å². The molecule has 0 fully saturated rings. The number of carbonyl (C=O) groups is 1. The molecule has 4 heteroatoms. The second-order valence-electron chi connectivity index (χ2n) is 4.17. The van der Waals surface area contributed by atoms with Gasteiger partial charge in [-0.3, -0.25) is 0 Å². The number of halogens is 1. The van der Waals surface area contributed by atoms with Crippen LogP contribution in [0.4, 0.5) is 0 Å². The molecule has 0 heterocycles. The van der Waals surface area contributed by atoms with Crippen LogP contribution in [0.2, 0.25) is 5.02 Å². The van der Waals surface area contributed by atoms with Crippen LogP contribution in [0.25, 0.3) is 0 Å². The summed E-state index contributed by atoms with van der Waals surface area (Å²) in [5, 5.41) is 9.25. The molecule has 0 spiro atoms. The Kier molecular flexibility index (Phi) is 4.07. The number of hydrogen-bond donors (Lipinski definition) is 1. The van der Waals surface area contributed by atoms with Crippen LogP contribution >= 0.6 is 11.6 Å². The van der Waals surface area contributed by atoms with Crippen molar-refractivity contribution in [3.8, 4) is 5.75 Å². The van der Waals surface area contributed by atoms with E-state index in [0.717, 1.165) is 16.9 Å². The van der Waals surface area contributed by atoms with E-state index in [0.29, 0.717) is 11.6 Å². The minimum atomic E-state index is -0.992. The van der Waals surface area contributed by atoms with Crippen LogP contribution in [0, 0.1) is 6.92 Å². The lowest BCUT2D eigenvalue weighted by atomic mass is 10.1. The fourth-order valence-electron chi connectivity index (χ4n) is 1.67. The van der Waals surface area contributed by atoms with Crippen molar-refractivity contribution in [1.29, 1.82) is 0 Å². The van der Waals surface area contributed by atoms with Crippen LogP contribution in [-0.2, 0) is 6.61 Å². The third kappa shape index (κ3) is 3.26. The first-order chi connectivity index (χ1) is 9.08. The molecule has 1 N–H and O–H groups in total. The van der Waals surface area contributed by atoms with Gasteiger partial charge < -0.3 is 9.84 Å². The molecule has 0 saturated carbocycles. The molecule has 0 atom stereocenters. The van der Waals surface area contributed by atoms with Crippen molar-refractivity contribution in [2.75, 3.05) is 0 Å². The van der Waals surface area contributed by atoms with E-state index in [-0.39, 0.29) is 5.56 Å². The van der Waals surface area contributed by atoms with E-state index >= 15 is 0 Å². The Morgan fingerprint density at radius 3 is 2.63 bits per heavy atom. The predicted octanol–water partition coefficient (Wildman–Crippen LogP) is 3.93. The van der Waals surface area contributed by atoms with Crippen molar-refractivity contribution >= 4 is 17.6 Å². The number of hydrogen-bond acceptors (Lipinski definition) is 2. The van der Waals surface area contributed by atoms with Crippen molar-refractivity contribution < 1.29 is 14.6 Å². The van der Waals surface area contributed by atoms with E-state index in [1.807, 2.05) is 31.2 Å². The first-order valence-corrected chi connectivity index (χ1v) is 6.16. The Balaban J connectivity index is 2.12. The van der Waals surface area contributed by atoms with Crippen LogP contribution in [-0.4, -0.2) is 11.1 Å². The summed E-state index contributed by atoms with van der Waals surface area (Å²) in [5.41, 5.74) is 1.97. The van der Waals surface area contributed by atoms with Gasteiger partial charge in [0, 0.05) is 10.6 Å². The summed E-state index contributed by atoms with van der Waals surface area (Å²) in [7, 11) is 0. The molecule has 0 aliphatic heterocycles. The van der Waals surface area contributed by atoms with Gasteiger partial charge in [-0.25, -0.2) is 4.79 Å². The lowest BCUT2D eigenvalue weighted by Crippen LogP contribution is -2.00. The molecule has 0 radical (unpaired) electrons. The van der Waals surface area contributed by atoms with Crippen molar-refractivity contribution in [2.24, 2.45) is 0 Å². The maximum atomic E-state index is 10.8. The number of benzene rings is 2. The second-order valence-corrected chi connectivity index (χ2v) is 4.57. The first kappa shape index (κ1) is 13.4. The van der Waals surface area contributed by atoms with Crippen LogP contribution in [0.3, 0.4) is 0 Å². The molecule has 3 nitrogen and oxygen atoms in total. The molecule has 98 valence electrons. The minimum absolute atomic E-state index is 0.171. The molecule has 2 aromatic rings. The summed E-state index contributed by atoms with van der Waals surface area (Å²) in [6.45, 7) is 2.27. The molecule has 0 amide bonds. The monoisotopic (exact) mass is 276 g/mol. The van der Waals surface area contributed by atoms with E-state index in [2.05, 4.69) is 0 Å². The number of aromatic carboxylic acids is 1. The number of ether oxygens (including phenoxy) is 1. The normalized spacial score (nSPS) is 10.2. The van der Waals surface area contributed by atoms with Crippen molar-refractivity contribution in [2.45, 2.75) is 13.5 Å². The van der Waals surface area contributed by atoms with E-state index in [1.54, 1.807) is 6.07 Å². The van der Waals surface area contributed by atoms with Gasteiger partial charge in [-0.05, 0) is 30.7 Å². The Labute approximate surface area is 116 Å². The largest absolute Gasteiger partial charge is 0.489 e. The van der Waals surface area contributed by atoms with E-state index < -0.39 is 5.97 Å². The van der Waals surface area contributed by atoms with Crippen molar-refractivity contribution in [3.05, 3.63) is 64.2 Å². The van der Waals surface area contributed by atoms with Gasteiger partial charge in [0.1, 0.15) is 12.4 Å². The zero-order chi connectivity index (χ0) is 13.8. The van der Waals surface area contributed by atoms with Gasteiger partial charge >= 0.3 is 5.97 Å². The molecule has 0 bridgehead atoms. The average Bonchev–Trinajstić information content (AvgIpc) is 2.39. The first-order valence-electron chi connectivity index (χ1n) is 5.78. The smallest absolute Gasteiger partial charge is 0.335 e. The summed E-state index contributed by atoms with van der Waals surface area (Å²) in [6.07, 6.45) is 0. The summed E-state index contributed by atoms with van der Waals surface area (Å²) >= 11 is 6.04. The molecule has 0 aromatic heterocycles. The minimum Gasteiger partial charge on any atom is -0.489 e. The fourth-order valence-corrected chi connectivity index (χ4v) is 1.91. The van der Waals surface area contributed by atoms with Gasteiger partial charge in [0.25, 0.3) is 0 Å². The Morgan fingerprint density at radius 2 is 2.00 bits per heavy atom. The quantitative estimate of drug-likeness (QED) is 0.920. The van der Waals surface area contributed by atoms with Crippen molar-refractivity contribution in [3.63, 3.8) is 0 Å². The highest BCUT2D eigenvalue weighted by Crippen LogP contribution is 2.22. The van der Waals surface area contributed by atoms with Crippen LogP contribution in [0.15, 0.2) is 42.5 Å². The highest BCUT2D eigenvalue weighted by molar-refractivity contribution is 6.31. The molecular weight excluding hydrogens is 264 g/mol. The molecule has 2 aromatic carbocycles. The summed E-state index contributed by atoms with van der Waals surface area (Å²) in [5.74, 6) is -0.200. The molecule has 0 aliphatic rings. The molecule has 0 unspecified atom stereocenters. The third-order valence-corrected chi connectivity index (χ3v) is 3.13. The van der Waals surface area contributed by atoms with Gasteiger partial charge in [-0.15, -0.1) is 0 Å². The summed E-state index contributed by atoms with van der Waals surface area (Å²) in [6, 6.07) is 12.3. The molecule has 2 rings (SSSR count). The standard InChI is InChI=1S/C15H13ClO3/c1-10-4-2-3-5-14(10)19-9-12-7-6-11(15(17)18)8-13(12)16/h2-8H,9H2,1H3,(H,17,18). The van der Waals surface area contributed by atoms with E-state index in [4.69, 9.17) is 21.4 Å². The predicted molar refractivity (Wildman–Crippen MR) is 73.9 cm³/mol. The summed E-state index contributed by atoms with van der Waals surface area (Å²) < 4.78 is 5.67. The Morgan fingerprint density at radius 1 is 1.26 bits per heavy atom. The highest BCUT2D eigenvalue weighted by Gasteiger charge is 2.08. The molecular formula is C15H13ClO3. The number of carboxylic acid groups (broad SMARTS) is 1. The van der Waals surface area contributed by atoms with Crippen LogP contribution in [0.1, 0.15) is 21.5 Å². The fraction of sp³-hybridized carbons (Fsp3) is 0.133. The van der Waals surface area contributed by atoms with Crippen molar-refractivity contribution in [1.82, 2.24) is 0 Å². The highest BCUT2D eigenvalue weighted by atomic mass is 35.5. The van der Waals surface area contributed by atoms with Crippen LogP contribution in [0.5, 0.6) is 5.75 Å². The number of para-hydroxylation sites is 1. The number of rotatable bonds is 4. The van der Waals surface area contributed by atoms with Gasteiger partial charge in [-0.1, -0.05) is 35.9 Å². The number of carboxylic acids is 1. The maximum Gasteiger partial charge on any atom is 0.335 e. The zero-order valence-corrected chi connectivity index (χ0v) is 11.1. The lowest BCUT2D eigenvalue weighted by molar-refractivity contribution is 0.0697. The molecule has 0 saturated heterocycles. The third-order valence-electron chi connectivity index (χ3n) is 2.78. The lowest BCUT2D eigenvalue weighted by Gasteiger charge is -2.10. The Bertz CT molecular complexity index is 608. The zero-order valence-electron chi connectivity index (χ0n) is 10.4. The summed E-state index contributed by atoms with van der Waals surface area (Å²) in [4.78, 5) is 10.8. The van der Waals surface area contributed by atoms with E-state index in [9.17, 15) is 4.79 Å². The van der Waals surface area contributed by atoms with Gasteiger partial charge in [0.15, 0.2) is 0 Å². The SMILES string of the molecule is Cc1ccccc1OCc1ccc(C(=O)O)cc1Cl. The van der Waals surface area contributed by atoms with Gasteiger partial charge in [0.2, 0.25) is 0 Å². The average molecular weight is 277 g/mol. The number of aryl methyl sites for hydroxylation is 1. The van der Waals surface area contributed by atoms with Gasteiger partial charge in [-0.2, -0.15) is 0 Å². The Hall–Kier alpha value is -2.00. The maximum absolute atomic E-state index is 10.8. The van der Waals surface area contributed by atoms with E-state index in [1.165, 1.54) is 12.1 Å². The topological polar surface area (TPSA) is 46.5 Å². The second kappa shape index (κ2) is 5.76.